The van der Waals surface area contributed by atoms with Crippen molar-refractivity contribution in [2.75, 3.05) is 13.1 Å². The summed E-state index contributed by atoms with van der Waals surface area (Å²) in [5.74, 6) is -1.05. The second-order valence-electron chi connectivity index (χ2n) is 6.41. The lowest BCUT2D eigenvalue weighted by Gasteiger charge is -2.16. The minimum atomic E-state index is -3.62. The van der Waals surface area contributed by atoms with E-state index >= 15 is 0 Å². The monoisotopic (exact) mass is 421 g/mol. The van der Waals surface area contributed by atoms with E-state index in [9.17, 15) is 18.0 Å². The van der Waals surface area contributed by atoms with Crippen LogP contribution in [0.1, 0.15) is 28.8 Å². The quantitative estimate of drug-likeness (QED) is 0.723. The smallest absolute Gasteiger partial charge is 0.269 e. The Hall–Kier alpha value is -2.42. The maximum atomic E-state index is 12.6. The summed E-state index contributed by atoms with van der Waals surface area (Å²) in [7, 11) is -3.62. The Kier molecular flexibility index (Phi) is 6.33. The molecule has 0 aromatic heterocycles. The van der Waals surface area contributed by atoms with Crippen molar-refractivity contribution in [3.05, 3.63) is 64.7 Å². The number of sulfonamides is 1. The van der Waals surface area contributed by atoms with E-state index < -0.39 is 21.8 Å². The van der Waals surface area contributed by atoms with Crippen LogP contribution in [0.4, 0.5) is 0 Å². The first-order valence-electron chi connectivity index (χ1n) is 8.81. The minimum absolute atomic E-state index is 0.00331. The predicted octanol–water partition coefficient (Wildman–Crippen LogP) is 2.13. The molecule has 0 spiro atoms. The van der Waals surface area contributed by atoms with E-state index in [0.717, 1.165) is 12.8 Å². The lowest BCUT2D eigenvalue weighted by atomic mass is 10.1. The molecule has 1 heterocycles. The van der Waals surface area contributed by atoms with Crippen LogP contribution in [-0.4, -0.2) is 37.6 Å². The van der Waals surface area contributed by atoms with E-state index in [2.05, 4.69) is 10.9 Å². The van der Waals surface area contributed by atoms with Gasteiger partial charge in [0.2, 0.25) is 15.9 Å². The Morgan fingerprint density at radius 2 is 1.71 bits per heavy atom. The van der Waals surface area contributed by atoms with Crippen LogP contribution in [0, 0.1) is 0 Å². The van der Waals surface area contributed by atoms with Crippen LogP contribution in [0.25, 0.3) is 0 Å². The van der Waals surface area contributed by atoms with Crippen molar-refractivity contribution in [2.45, 2.75) is 24.2 Å². The number of benzene rings is 2. The number of hydrogen-bond acceptors (Lipinski definition) is 4. The zero-order chi connectivity index (χ0) is 20.1. The van der Waals surface area contributed by atoms with Gasteiger partial charge >= 0.3 is 0 Å². The van der Waals surface area contributed by atoms with Crippen molar-refractivity contribution < 1.29 is 18.0 Å². The number of hydrazine groups is 1. The van der Waals surface area contributed by atoms with Gasteiger partial charge in [0.25, 0.3) is 5.91 Å². The number of amides is 2. The highest BCUT2D eigenvalue weighted by Gasteiger charge is 2.27. The van der Waals surface area contributed by atoms with Gasteiger partial charge in [-0.1, -0.05) is 35.9 Å². The Labute approximate surface area is 168 Å². The van der Waals surface area contributed by atoms with E-state index in [1.807, 2.05) is 0 Å². The second-order valence-corrected chi connectivity index (χ2v) is 8.75. The molecule has 2 aromatic rings. The van der Waals surface area contributed by atoms with Crippen LogP contribution >= 0.6 is 11.6 Å². The van der Waals surface area contributed by atoms with Gasteiger partial charge in [0.15, 0.2) is 0 Å². The molecular formula is C19H20ClN3O4S. The second kappa shape index (κ2) is 8.72. The van der Waals surface area contributed by atoms with Gasteiger partial charge in [0, 0.05) is 23.7 Å². The molecule has 0 aliphatic carbocycles. The van der Waals surface area contributed by atoms with Gasteiger partial charge in [0.05, 0.1) is 11.3 Å². The number of carbonyl (C=O) groups is 2. The zero-order valence-corrected chi connectivity index (χ0v) is 16.6. The summed E-state index contributed by atoms with van der Waals surface area (Å²) >= 11 is 6.01. The highest BCUT2D eigenvalue weighted by molar-refractivity contribution is 7.89. The maximum Gasteiger partial charge on any atom is 0.269 e. The molecule has 2 amide bonds. The molecule has 148 valence electrons. The van der Waals surface area contributed by atoms with Crippen LogP contribution in [0.3, 0.4) is 0 Å². The molecular weight excluding hydrogens is 402 g/mol. The summed E-state index contributed by atoms with van der Waals surface area (Å²) in [6.45, 7) is 0.966. The van der Waals surface area contributed by atoms with Crippen molar-refractivity contribution >= 4 is 33.4 Å². The van der Waals surface area contributed by atoms with Crippen LogP contribution in [0.2, 0.25) is 5.02 Å². The van der Waals surface area contributed by atoms with E-state index in [1.54, 1.807) is 24.3 Å². The summed E-state index contributed by atoms with van der Waals surface area (Å²) < 4.78 is 26.7. The molecule has 1 aliphatic heterocycles. The first-order valence-corrected chi connectivity index (χ1v) is 10.6. The number of hydrogen-bond donors (Lipinski definition) is 2. The number of rotatable bonds is 5. The van der Waals surface area contributed by atoms with Crippen LogP contribution in [0.5, 0.6) is 0 Å². The molecule has 28 heavy (non-hydrogen) atoms. The summed E-state index contributed by atoms with van der Waals surface area (Å²) in [4.78, 5) is 24.4. The molecule has 1 aliphatic rings. The highest BCUT2D eigenvalue weighted by atomic mass is 35.5. The third-order valence-electron chi connectivity index (χ3n) is 4.42. The first kappa shape index (κ1) is 20.3. The molecule has 2 aromatic carbocycles. The van der Waals surface area contributed by atoms with Crippen molar-refractivity contribution in [3.8, 4) is 0 Å². The van der Waals surface area contributed by atoms with Crippen molar-refractivity contribution in [1.82, 2.24) is 15.2 Å². The van der Waals surface area contributed by atoms with E-state index in [4.69, 9.17) is 11.6 Å². The Morgan fingerprint density at radius 3 is 2.43 bits per heavy atom. The van der Waals surface area contributed by atoms with Crippen molar-refractivity contribution in [1.29, 1.82) is 0 Å². The summed E-state index contributed by atoms with van der Waals surface area (Å²) in [5.41, 5.74) is 5.38. The predicted molar refractivity (Wildman–Crippen MR) is 105 cm³/mol. The van der Waals surface area contributed by atoms with Crippen LogP contribution in [-0.2, 0) is 21.2 Å². The fraction of sp³-hybridized carbons (Fsp3) is 0.263. The van der Waals surface area contributed by atoms with Gasteiger partial charge < -0.3 is 0 Å². The molecule has 0 saturated carbocycles. The van der Waals surface area contributed by atoms with Crippen molar-refractivity contribution in [3.63, 3.8) is 0 Å². The molecule has 0 unspecified atom stereocenters. The largest absolute Gasteiger partial charge is 0.273 e. The fourth-order valence-electron chi connectivity index (χ4n) is 2.93. The molecule has 1 fully saturated rings. The summed E-state index contributed by atoms with van der Waals surface area (Å²) in [6.07, 6.45) is 1.66. The van der Waals surface area contributed by atoms with Gasteiger partial charge in [-0.15, -0.1) is 0 Å². The SMILES string of the molecule is O=C(Cc1ccccc1Cl)NNC(=O)c1cccc(S(=O)(=O)N2CCCC2)c1. The molecule has 2 N–H and O–H groups in total. The number of nitrogens with one attached hydrogen (secondary N) is 2. The average molecular weight is 422 g/mol. The lowest BCUT2D eigenvalue weighted by Crippen LogP contribution is -2.42. The van der Waals surface area contributed by atoms with Crippen molar-refractivity contribution in [2.24, 2.45) is 0 Å². The van der Waals surface area contributed by atoms with Gasteiger partial charge in [-0.25, -0.2) is 8.42 Å². The van der Waals surface area contributed by atoms with E-state index in [1.165, 1.54) is 28.6 Å². The topological polar surface area (TPSA) is 95.6 Å². The molecule has 9 heteroatoms. The molecule has 7 nitrogen and oxygen atoms in total. The average Bonchev–Trinajstić information content (AvgIpc) is 3.24. The fourth-order valence-corrected chi connectivity index (χ4v) is 4.70. The van der Waals surface area contributed by atoms with Gasteiger partial charge in [-0.2, -0.15) is 4.31 Å². The lowest BCUT2D eigenvalue weighted by molar-refractivity contribution is -0.121. The van der Waals surface area contributed by atoms with E-state index in [0.29, 0.717) is 23.7 Å². The Bertz CT molecular complexity index is 988. The molecule has 0 atom stereocenters. The zero-order valence-electron chi connectivity index (χ0n) is 15.0. The van der Waals surface area contributed by atoms with Gasteiger partial charge in [-0.05, 0) is 42.7 Å². The number of halogens is 1. The molecule has 0 bridgehead atoms. The number of nitrogens with zero attached hydrogens (tertiary/aromatic N) is 1. The first-order chi connectivity index (χ1) is 13.4. The third-order valence-corrected chi connectivity index (χ3v) is 6.69. The number of carbonyl (C=O) groups excluding carboxylic acids is 2. The Balaban J connectivity index is 1.63. The van der Waals surface area contributed by atoms with Gasteiger partial charge in [0.1, 0.15) is 0 Å². The summed E-state index contributed by atoms with van der Waals surface area (Å²) in [6, 6.07) is 12.7. The summed E-state index contributed by atoms with van der Waals surface area (Å²) in [5, 5.41) is 0.462. The normalized spacial score (nSPS) is 14.6. The third kappa shape index (κ3) is 4.70. The molecule has 1 saturated heterocycles. The molecule has 0 radical (unpaired) electrons. The standard InChI is InChI=1S/C19H20ClN3O4S/c20-17-9-2-1-6-14(17)13-18(24)21-22-19(25)15-7-5-8-16(12-15)28(26,27)23-10-3-4-11-23/h1-2,5-9,12H,3-4,10-11,13H2,(H,21,24)(H,22,25). The van der Waals surface area contributed by atoms with Gasteiger partial charge in [-0.3, -0.25) is 20.4 Å². The highest BCUT2D eigenvalue weighted by Crippen LogP contribution is 2.21. The minimum Gasteiger partial charge on any atom is -0.273 e. The molecule has 3 rings (SSSR count). The maximum absolute atomic E-state index is 12.6. The Morgan fingerprint density at radius 1 is 1.00 bits per heavy atom. The van der Waals surface area contributed by atoms with Crippen LogP contribution in [0.15, 0.2) is 53.4 Å². The van der Waals surface area contributed by atoms with Crippen LogP contribution < -0.4 is 10.9 Å². The van der Waals surface area contributed by atoms with E-state index in [-0.39, 0.29) is 16.9 Å².